The smallest absolute Gasteiger partial charge is 0.358 e. The summed E-state index contributed by atoms with van der Waals surface area (Å²) in [7, 11) is 0. The van der Waals surface area contributed by atoms with Crippen LogP contribution in [-0.4, -0.2) is 33.9 Å². The zero-order valence-electron chi connectivity index (χ0n) is 14.8. The third-order valence-corrected chi connectivity index (χ3v) is 4.43. The number of carbonyl (C=O) groups excluding carboxylic acids is 1. The second kappa shape index (κ2) is 8.54. The van der Waals surface area contributed by atoms with Gasteiger partial charge in [0.25, 0.3) is 0 Å². The molecule has 3 aromatic rings. The number of ether oxygens (including phenoxy) is 2. The Hall–Kier alpha value is -2.38. The Morgan fingerprint density at radius 1 is 1.19 bits per heavy atom. The maximum atomic E-state index is 12.3. The van der Waals surface area contributed by atoms with Crippen LogP contribution >= 0.6 is 27.5 Å². The van der Waals surface area contributed by atoms with Crippen LogP contribution in [0.5, 0.6) is 5.75 Å². The van der Waals surface area contributed by atoms with E-state index in [1.165, 1.54) is 0 Å². The zero-order chi connectivity index (χ0) is 19.4. The molecule has 0 fully saturated rings. The SMILES string of the molecule is Cc1cc(C)n(-c2ccc(Cl)c(C(=O)OCCOc3cccc(Br)c3)n2)n1. The molecule has 0 spiro atoms. The summed E-state index contributed by atoms with van der Waals surface area (Å²) in [6.45, 7) is 4.10. The zero-order valence-corrected chi connectivity index (χ0v) is 17.1. The first-order chi connectivity index (χ1) is 12.9. The first kappa shape index (κ1) is 19.4. The van der Waals surface area contributed by atoms with Crippen LogP contribution in [0.2, 0.25) is 5.02 Å². The quantitative estimate of drug-likeness (QED) is 0.407. The number of aryl methyl sites for hydroxylation is 2. The number of carbonyl (C=O) groups is 1. The van der Waals surface area contributed by atoms with Gasteiger partial charge >= 0.3 is 5.97 Å². The fraction of sp³-hybridized carbons (Fsp3) is 0.211. The van der Waals surface area contributed by atoms with Gasteiger partial charge in [0.05, 0.1) is 10.7 Å². The maximum absolute atomic E-state index is 12.3. The number of benzene rings is 1. The standard InChI is InChI=1S/C19H17BrClN3O3/c1-12-10-13(2)24(23-12)17-7-6-16(21)18(22-17)19(25)27-9-8-26-15-5-3-4-14(20)11-15/h3-7,10-11H,8-9H2,1-2H3. The van der Waals surface area contributed by atoms with Crippen molar-refractivity contribution in [2.45, 2.75) is 13.8 Å². The average Bonchev–Trinajstić information content (AvgIpc) is 2.97. The highest BCUT2D eigenvalue weighted by Crippen LogP contribution is 2.19. The topological polar surface area (TPSA) is 66.2 Å². The molecule has 3 rings (SSSR count). The molecule has 0 unspecified atom stereocenters. The van der Waals surface area contributed by atoms with Gasteiger partial charge in [-0.3, -0.25) is 0 Å². The van der Waals surface area contributed by atoms with Crippen molar-refractivity contribution in [1.29, 1.82) is 0 Å². The van der Waals surface area contributed by atoms with Crippen molar-refractivity contribution >= 4 is 33.5 Å². The van der Waals surface area contributed by atoms with Gasteiger partial charge in [0.15, 0.2) is 11.5 Å². The monoisotopic (exact) mass is 449 g/mol. The second-order valence-corrected chi connectivity index (χ2v) is 7.10. The van der Waals surface area contributed by atoms with Gasteiger partial charge in [-0.25, -0.2) is 14.5 Å². The van der Waals surface area contributed by atoms with Crippen LogP contribution in [0.15, 0.2) is 46.9 Å². The minimum atomic E-state index is -0.610. The molecule has 2 heterocycles. The third-order valence-electron chi connectivity index (χ3n) is 3.63. The van der Waals surface area contributed by atoms with E-state index in [4.69, 9.17) is 21.1 Å². The van der Waals surface area contributed by atoms with E-state index in [0.717, 1.165) is 15.9 Å². The van der Waals surface area contributed by atoms with E-state index in [-0.39, 0.29) is 23.9 Å². The summed E-state index contributed by atoms with van der Waals surface area (Å²) in [5, 5.41) is 4.58. The number of halogens is 2. The number of rotatable bonds is 6. The van der Waals surface area contributed by atoms with Crippen LogP contribution < -0.4 is 4.74 Å². The molecule has 0 aliphatic rings. The van der Waals surface area contributed by atoms with Gasteiger partial charge in [-0.1, -0.05) is 33.6 Å². The molecule has 140 valence electrons. The van der Waals surface area contributed by atoms with Gasteiger partial charge in [-0.05, 0) is 50.2 Å². The van der Waals surface area contributed by atoms with Crippen molar-refractivity contribution in [2.24, 2.45) is 0 Å². The molecular weight excluding hydrogens is 434 g/mol. The molecule has 0 N–H and O–H groups in total. The minimum Gasteiger partial charge on any atom is -0.490 e. The Bertz CT molecular complexity index is 975. The molecule has 27 heavy (non-hydrogen) atoms. The molecular formula is C19H17BrClN3O3. The fourth-order valence-electron chi connectivity index (χ4n) is 2.47. The van der Waals surface area contributed by atoms with Gasteiger partial charge in [0.2, 0.25) is 0 Å². The van der Waals surface area contributed by atoms with Crippen LogP contribution in [0.3, 0.4) is 0 Å². The van der Waals surface area contributed by atoms with Crippen molar-refractivity contribution < 1.29 is 14.3 Å². The lowest BCUT2D eigenvalue weighted by molar-refractivity contribution is 0.0444. The fourth-order valence-corrected chi connectivity index (χ4v) is 3.03. The van der Waals surface area contributed by atoms with Gasteiger partial charge < -0.3 is 9.47 Å². The number of esters is 1. The van der Waals surface area contributed by atoms with E-state index in [9.17, 15) is 4.79 Å². The predicted molar refractivity (Wildman–Crippen MR) is 106 cm³/mol. The molecule has 0 radical (unpaired) electrons. The van der Waals surface area contributed by atoms with E-state index in [1.54, 1.807) is 16.8 Å². The molecule has 0 aliphatic heterocycles. The van der Waals surface area contributed by atoms with Crippen LogP contribution in [0.25, 0.3) is 5.82 Å². The molecule has 0 amide bonds. The Balaban J connectivity index is 1.64. The van der Waals surface area contributed by atoms with E-state index < -0.39 is 5.97 Å². The lowest BCUT2D eigenvalue weighted by Gasteiger charge is -2.09. The highest BCUT2D eigenvalue weighted by atomic mass is 79.9. The molecule has 2 aromatic heterocycles. The van der Waals surface area contributed by atoms with Crippen molar-refractivity contribution in [1.82, 2.24) is 14.8 Å². The van der Waals surface area contributed by atoms with Gasteiger partial charge in [0, 0.05) is 10.2 Å². The highest BCUT2D eigenvalue weighted by molar-refractivity contribution is 9.10. The molecule has 6 nitrogen and oxygen atoms in total. The summed E-state index contributed by atoms with van der Waals surface area (Å²) < 4.78 is 13.3. The van der Waals surface area contributed by atoms with Crippen molar-refractivity contribution in [3.05, 3.63) is 69.0 Å². The third kappa shape index (κ3) is 4.87. The minimum absolute atomic E-state index is 0.0455. The number of nitrogens with zero attached hydrogens (tertiary/aromatic N) is 3. The number of aromatic nitrogens is 3. The summed E-state index contributed by atoms with van der Waals surface area (Å²) in [4.78, 5) is 16.7. The molecule has 0 saturated carbocycles. The summed E-state index contributed by atoms with van der Waals surface area (Å²) in [6.07, 6.45) is 0. The Labute approximate surface area is 170 Å². The van der Waals surface area contributed by atoms with Gasteiger partial charge in [0.1, 0.15) is 19.0 Å². The molecule has 0 aliphatic carbocycles. The van der Waals surface area contributed by atoms with Crippen LogP contribution in [-0.2, 0) is 4.74 Å². The van der Waals surface area contributed by atoms with Crippen molar-refractivity contribution in [3.63, 3.8) is 0 Å². The number of hydrogen-bond acceptors (Lipinski definition) is 5. The lowest BCUT2D eigenvalue weighted by atomic mass is 10.3. The molecule has 0 atom stereocenters. The molecule has 1 aromatic carbocycles. The van der Waals surface area contributed by atoms with Crippen LogP contribution in [0, 0.1) is 13.8 Å². The maximum Gasteiger partial charge on any atom is 0.358 e. The summed E-state index contributed by atoms with van der Waals surface area (Å²) >= 11 is 9.49. The van der Waals surface area contributed by atoms with Crippen LogP contribution in [0.1, 0.15) is 21.9 Å². The van der Waals surface area contributed by atoms with Gasteiger partial charge in [-0.2, -0.15) is 5.10 Å². The van der Waals surface area contributed by atoms with Crippen molar-refractivity contribution in [3.8, 4) is 11.6 Å². The van der Waals surface area contributed by atoms with E-state index >= 15 is 0 Å². The molecule has 0 bridgehead atoms. The Kier molecular flexibility index (Phi) is 6.13. The summed E-state index contributed by atoms with van der Waals surface area (Å²) in [5.41, 5.74) is 1.81. The number of hydrogen-bond donors (Lipinski definition) is 0. The van der Waals surface area contributed by atoms with E-state index in [1.807, 2.05) is 44.2 Å². The summed E-state index contributed by atoms with van der Waals surface area (Å²) in [5.74, 6) is 0.576. The predicted octanol–water partition coefficient (Wildman–Crippen LogP) is 4.54. The second-order valence-electron chi connectivity index (χ2n) is 5.78. The first-order valence-corrected chi connectivity index (χ1v) is 9.37. The highest BCUT2D eigenvalue weighted by Gasteiger charge is 2.16. The average molecular weight is 451 g/mol. The largest absolute Gasteiger partial charge is 0.490 e. The van der Waals surface area contributed by atoms with E-state index in [0.29, 0.717) is 11.6 Å². The Morgan fingerprint density at radius 2 is 2.00 bits per heavy atom. The van der Waals surface area contributed by atoms with Crippen LogP contribution in [0.4, 0.5) is 0 Å². The normalized spacial score (nSPS) is 10.7. The van der Waals surface area contributed by atoms with E-state index in [2.05, 4.69) is 26.0 Å². The first-order valence-electron chi connectivity index (χ1n) is 8.20. The van der Waals surface area contributed by atoms with Gasteiger partial charge in [-0.15, -0.1) is 0 Å². The lowest BCUT2D eigenvalue weighted by Crippen LogP contribution is -2.15. The molecule has 8 heteroatoms. The number of pyridine rings is 1. The Morgan fingerprint density at radius 3 is 2.70 bits per heavy atom. The molecule has 0 saturated heterocycles. The summed E-state index contributed by atoms with van der Waals surface area (Å²) in [6, 6.07) is 12.6. The van der Waals surface area contributed by atoms with Crippen molar-refractivity contribution in [2.75, 3.05) is 13.2 Å².